The van der Waals surface area contributed by atoms with Gasteiger partial charge in [-0.2, -0.15) is 0 Å². The molecule has 0 aliphatic heterocycles. The largest absolute Gasteiger partial charge is 0.480 e. The third kappa shape index (κ3) is 6.04. The minimum Gasteiger partial charge on any atom is -0.480 e. The van der Waals surface area contributed by atoms with E-state index < -0.39 is 52.8 Å². The lowest BCUT2D eigenvalue weighted by molar-refractivity contribution is -0.384. The van der Waals surface area contributed by atoms with Crippen LogP contribution in [0.25, 0.3) is 0 Å². The average Bonchev–Trinajstić information content (AvgIpc) is 2.72. The number of carbonyl (C=O) groups excluding carboxylic acids is 2. The Bertz CT molecular complexity index is 996. The van der Waals surface area contributed by atoms with Crippen LogP contribution in [0.1, 0.15) is 35.2 Å². The van der Waals surface area contributed by atoms with Gasteiger partial charge in [0.1, 0.15) is 6.04 Å². The zero-order valence-electron chi connectivity index (χ0n) is 16.2. The summed E-state index contributed by atoms with van der Waals surface area (Å²) in [6.07, 6.45) is -0.458. The van der Waals surface area contributed by atoms with Crippen LogP contribution >= 0.6 is 0 Å². The number of rotatable bonds is 9. The first-order valence-electron chi connectivity index (χ1n) is 9.02. The number of benzene rings is 2. The summed E-state index contributed by atoms with van der Waals surface area (Å²) in [4.78, 5) is 46.6. The molecule has 2 aromatic rings. The number of nitro groups is 1. The van der Waals surface area contributed by atoms with Gasteiger partial charge in [-0.1, -0.05) is 12.1 Å². The van der Waals surface area contributed by atoms with Gasteiger partial charge in [-0.05, 0) is 30.7 Å². The van der Waals surface area contributed by atoms with Gasteiger partial charge < -0.3 is 15.2 Å². The Morgan fingerprint density at radius 2 is 1.77 bits per heavy atom. The predicted octanol–water partition coefficient (Wildman–Crippen LogP) is 2.79. The van der Waals surface area contributed by atoms with Gasteiger partial charge in [0.25, 0.3) is 11.6 Å². The van der Waals surface area contributed by atoms with Crippen molar-refractivity contribution in [1.29, 1.82) is 0 Å². The lowest BCUT2D eigenvalue weighted by Crippen LogP contribution is -2.45. The minimum absolute atomic E-state index is 0.0325. The molecule has 0 spiro atoms. The van der Waals surface area contributed by atoms with Crippen LogP contribution in [0.5, 0.6) is 0 Å². The number of halogens is 2. The molecule has 164 valence electrons. The monoisotopic (exact) mass is 436 g/mol. The molecule has 0 heterocycles. The van der Waals surface area contributed by atoms with Crippen molar-refractivity contribution in [2.24, 2.45) is 0 Å². The first-order chi connectivity index (χ1) is 14.6. The molecule has 9 nitrogen and oxygen atoms in total. The number of nitrogens with zero attached hydrogens (tertiary/aromatic N) is 1. The van der Waals surface area contributed by atoms with E-state index in [-0.39, 0.29) is 23.4 Å². The molecule has 0 aromatic heterocycles. The molecule has 0 unspecified atom stereocenters. The maximum Gasteiger partial charge on any atom is 0.326 e. The summed E-state index contributed by atoms with van der Waals surface area (Å²) in [5.41, 5.74) is -0.364. The van der Waals surface area contributed by atoms with Crippen molar-refractivity contribution in [1.82, 2.24) is 5.32 Å². The van der Waals surface area contributed by atoms with Gasteiger partial charge in [-0.25, -0.2) is 13.6 Å². The smallest absolute Gasteiger partial charge is 0.326 e. The highest BCUT2D eigenvalue weighted by atomic mass is 19.2. The fourth-order valence-electron chi connectivity index (χ4n) is 2.87. The second-order valence-corrected chi connectivity index (χ2v) is 6.38. The quantitative estimate of drug-likeness (QED) is 0.350. The van der Waals surface area contributed by atoms with Crippen LogP contribution in [-0.2, 0) is 14.3 Å². The number of non-ortho nitro benzene ring substituents is 1. The fraction of sp³-hybridized carbons (Fsp3) is 0.250. The molecule has 0 fully saturated rings. The molecule has 0 saturated carbocycles. The highest BCUT2D eigenvalue weighted by molar-refractivity contribution is 5.97. The lowest BCUT2D eigenvalue weighted by atomic mass is 9.88. The van der Waals surface area contributed by atoms with Gasteiger partial charge in [0.05, 0.1) is 18.0 Å². The number of amides is 1. The first-order valence-corrected chi connectivity index (χ1v) is 9.02. The van der Waals surface area contributed by atoms with Crippen molar-refractivity contribution in [3.05, 3.63) is 75.3 Å². The van der Waals surface area contributed by atoms with Crippen LogP contribution in [0, 0.1) is 21.7 Å². The summed E-state index contributed by atoms with van der Waals surface area (Å²) in [5.74, 6) is -6.91. The molecule has 0 saturated heterocycles. The number of carboxylic acid groups (broad SMARTS) is 1. The fourth-order valence-corrected chi connectivity index (χ4v) is 2.87. The highest BCUT2D eigenvalue weighted by Crippen LogP contribution is 2.27. The van der Waals surface area contributed by atoms with Crippen LogP contribution in [0.3, 0.4) is 0 Å². The van der Waals surface area contributed by atoms with Gasteiger partial charge in [0.15, 0.2) is 11.6 Å². The topological polar surface area (TPSA) is 136 Å². The van der Waals surface area contributed by atoms with Gasteiger partial charge in [-0.3, -0.25) is 19.7 Å². The molecule has 0 bridgehead atoms. The molecule has 0 aliphatic rings. The molecular formula is C20H18F2N2O7. The SMILES string of the molecule is CCOC(=O)C[C@H](c1ccc([N+](=O)[O-])cc1)[C@@H](NC(=O)c1ccc(F)c(F)c1)C(=O)O. The van der Waals surface area contributed by atoms with Crippen LogP contribution in [0.4, 0.5) is 14.5 Å². The number of nitro benzene ring substituents is 1. The molecule has 2 N–H and O–H groups in total. The standard InChI is InChI=1S/C20H18F2N2O7/c1-2-31-17(25)10-14(11-3-6-13(7-4-11)24(29)30)18(20(27)28)23-19(26)12-5-8-15(21)16(22)9-12/h3-9,14,18H,2,10H2,1H3,(H,23,26)(H,27,28)/t14-,18-/m1/s1. The Kier molecular flexibility index (Phi) is 7.72. The molecule has 2 rings (SSSR count). The Morgan fingerprint density at radius 1 is 1.13 bits per heavy atom. The van der Waals surface area contributed by atoms with E-state index in [2.05, 4.69) is 5.32 Å². The molecule has 11 heteroatoms. The molecule has 31 heavy (non-hydrogen) atoms. The number of hydrogen-bond acceptors (Lipinski definition) is 6. The van der Waals surface area contributed by atoms with Gasteiger partial charge in [0.2, 0.25) is 0 Å². The summed E-state index contributed by atoms with van der Waals surface area (Å²) < 4.78 is 31.4. The molecule has 0 radical (unpaired) electrons. The minimum atomic E-state index is -1.67. The number of ether oxygens (including phenoxy) is 1. The molecule has 0 aliphatic carbocycles. The highest BCUT2D eigenvalue weighted by Gasteiger charge is 2.34. The van der Waals surface area contributed by atoms with Crippen molar-refractivity contribution in [2.75, 3.05) is 6.61 Å². The number of carboxylic acids is 1. The number of carbonyl (C=O) groups is 3. The van der Waals surface area contributed by atoms with Crippen molar-refractivity contribution in [3.8, 4) is 0 Å². The summed E-state index contributed by atoms with van der Waals surface area (Å²) >= 11 is 0. The van der Waals surface area contributed by atoms with Crippen molar-refractivity contribution in [2.45, 2.75) is 25.3 Å². The molecular weight excluding hydrogens is 418 g/mol. The average molecular weight is 436 g/mol. The van der Waals surface area contributed by atoms with Crippen molar-refractivity contribution < 1.29 is 37.9 Å². The van der Waals surface area contributed by atoms with E-state index in [0.717, 1.165) is 18.2 Å². The van der Waals surface area contributed by atoms with E-state index in [1.165, 1.54) is 12.1 Å². The van der Waals surface area contributed by atoms with E-state index in [0.29, 0.717) is 12.1 Å². The van der Waals surface area contributed by atoms with Gasteiger partial charge in [0, 0.05) is 23.6 Å². The maximum absolute atomic E-state index is 13.4. The summed E-state index contributed by atoms with van der Waals surface area (Å²) in [5, 5.41) is 22.7. The maximum atomic E-state index is 13.4. The summed E-state index contributed by atoms with van der Waals surface area (Å²) in [6, 6.07) is 5.41. The molecule has 2 atom stereocenters. The predicted molar refractivity (Wildman–Crippen MR) is 102 cm³/mol. The van der Waals surface area contributed by atoms with E-state index in [4.69, 9.17) is 4.74 Å². The number of aliphatic carboxylic acids is 1. The molecule has 1 amide bonds. The number of esters is 1. The van der Waals surface area contributed by atoms with E-state index in [9.17, 15) is 38.4 Å². The van der Waals surface area contributed by atoms with E-state index in [1.807, 2.05) is 0 Å². The first kappa shape index (κ1) is 23.4. The van der Waals surface area contributed by atoms with E-state index >= 15 is 0 Å². The van der Waals surface area contributed by atoms with Crippen LogP contribution in [0.2, 0.25) is 0 Å². The zero-order valence-corrected chi connectivity index (χ0v) is 16.2. The summed E-state index contributed by atoms with van der Waals surface area (Å²) in [7, 11) is 0. The van der Waals surface area contributed by atoms with Crippen LogP contribution in [-0.4, -0.2) is 40.5 Å². The number of hydrogen-bond donors (Lipinski definition) is 2. The van der Waals surface area contributed by atoms with Crippen molar-refractivity contribution in [3.63, 3.8) is 0 Å². The Hall–Kier alpha value is -3.89. The Balaban J connectivity index is 2.39. The van der Waals surface area contributed by atoms with Crippen molar-refractivity contribution >= 4 is 23.5 Å². The zero-order chi connectivity index (χ0) is 23.1. The Morgan fingerprint density at radius 3 is 2.29 bits per heavy atom. The molecule has 2 aromatic carbocycles. The normalized spacial score (nSPS) is 12.5. The second-order valence-electron chi connectivity index (χ2n) is 6.38. The number of nitrogens with one attached hydrogen (secondary N) is 1. The third-order valence-corrected chi connectivity index (χ3v) is 4.36. The van der Waals surface area contributed by atoms with E-state index in [1.54, 1.807) is 6.92 Å². The van der Waals surface area contributed by atoms with Crippen LogP contribution in [0.15, 0.2) is 42.5 Å². The van der Waals surface area contributed by atoms with Crippen LogP contribution < -0.4 is 5.32 Å². The van der Waals surface area contributed by atoms with Gasteiger partial charge >= 0.3 is 11.9 Å². The third-order valence-electron chi connectivity index (χ3n) is 4.36. The Labute approximate surface area is 174 Å². The lowest BCUT2D eigenvalue weighted by Gasteiger charge is -2.25. The van der Waals surface area contributed by atoms with Gasteiger partial charge in [-0.15, -0.1) is 0 Å². The second kappa shape index (κ2) is 10.2. The summed E-state index contributed by atoms with van der Waals surface area (Å²) in [6.45, 7) is 1.59.